The molecule has 6 heteroatoms. The van der Waals surface area contributed by atoms with Gasteiger partial charge in [0, 0.05) is 0 Å². The summed E-state index contributed by atoms with van der Waals surface area (Å²) in [5.74, 6) is 1.64. The minimum absolute atomic E-state index is 0.257. The number of nitrogen functional groups attached to an aromatic ring is 1. The number of nitrogens with zero attached hydrogens (tertiary/aromatic N) is 4. The molecule has 1 aromatic heterocycles. The largest absolute Gasteiger partial charge is 0.394 e. The molecule has 2 aliphatic rings. The number of likely N-dealkylation sites (N-methyl/N-ethyl adjacent to an activating group) is 1. The molecular weight excluding hydrogens is 302 g/mol. The van der Waals surface area contributed by atoms with Gasteiger partial charge in [0.2, 0.25) is 0 Å². The van der Waals surface area contributed by atoms with Crippen LogP contribution in [0.2, 0.25) is 0 Å². The summed E-state index contributed by atoms with van der Waals surface area (Å²) in [7, 11) is 2.22. The normalized spacial score (nSPS) is 25.7. The van der Waals surface area contributed by atoms with Crippen LogP contribution in [-0.2, 0) is 6.42 Å². The molecule has 138 valence electrons. The first-order valence-corrected chi connectivity index (χ1v) is 9.51. The maximum atomic E-state index is 9.21. The molecule has 1 saturated heterocycles. The number of hydrogen-bond acceptors (Lipinski definition) is 4. The first-order valence-electron chi connectivity index (χ1n) is 9.51. The Morgan fingerprint density at radius 1 is 1.25 bits per heavy atom. The van der Waals surface area contributed by atoms with E-state index in [0.29, 0.717) is 12.0 Å². The zero-order valence-electron chi connectivity index (χ0n) is 16.1. The van der Waals surface area contributed by atoms with Gasteiger partial charge >= 0.3 is 0 Å². The van der Waals surface area contributed by atoms with E-state index in [1.807, 2.05) is 13.8 Å². The third-order valence-corrected chi connectivity index (χ3v) is 5.84. The van der Waals surface area contributed by atoms with E-state index in [0.717, 1.165) is 55.1 Å². The van der Waals surface area contributed by atoms with Crippen LogP contribution in [0.25, 0.3) is 0 Å². The van der Waals surface area contributed by atoms with Gasteiger partial charge in [0.05, 0.1) is 57.3 Å². The summed E-state index contributed by atoms with van der Waals surface area (Å²) in [6.07, 6.45) is 2.23. The van der Waals surface area contributed by atoms with Crippen LogP contribution in [0.3, 0.4) is 0 Å². The maximum absolute atomic E-state index is 9.21. The fourth-order valence-corrected chi connectivity index (χ4v) is 3.76. The Morgan fingerprint density at radius 2 is 1.88 bits per heavy atom. The second kappa shape index (κ2) is 7.74. The van der Waals surface area contributed by atoms with Crippen LogP contribution in [0, 0.1) is 5.92 Å². The molecule has 24 heavy (non-hydrogen) atoms. The molecule has 2 unspecified atom stereocenters. The molecule has 0 bridgehead atoms. The summed E-state index contributed by atoms with van der Waals surface area (Å²) in [5.41, 5.74) is 8.53. The zero-order valence-corrected chi connectivity index (χ0v) is 16.1. The summed E-state index contributed by atoms with van der Waals surface area (Å²) < 4.78 is 3.10. The predicted octanol–water partition coefficient (Wildman–Crippen LogP) is 1.89. The molecule has 1 aromatic rings. The Bertz CT molecular complexity index is 534. The van der Waals surface area contributed by atoms with Crippen molar-refractivity contribution in [1.29, 1.82) is 0 Å². The zero-order chi connectivity index (χ0) is 17.9. The van der Waals surface area contributed by atoms with Crippen LogP contribution in [0.1, 0.15) is 45.9 Å². The average Bonchev–Trinajstić information content (AvgIpc) is 2.91. The van der Waals surface area contributed by atoms with Crippen molar-refractivity contribution in [2.45, 2.75) is 46.6 Å². The van der Waals surface area contributed by atoms with E-state index in [2.05, 4.69) is 30.5 Å². The van der Waals surface area contributed by atoms with Crippen LogP contribution in [0.5, 0.6) is 0 Å². The van der Waals surface area contributed by atoms with Crippen molar-refractivity contribution in [2.75, 3.05) is 57.0 Å². The molecular formula is C18H36N5O+. The number of rotatable bonds is 3. The number of aliphatic hydroxyl groups is 1. The number of anilines is 2. The number of hydrogen-bond donors (Lipinski definition) is 2. The fourth-order valence-electron chi connectivity index (χ4n) is 3.76. The van der Waals surface area contributed by atoms with Crippen molar-refractivity contribution in [3.63, 3.8) is 0 Å². The molecule has 0 radical (unpaired) electrons. The smallest absolute Gasteiger partial charge is 0.174 e. The SMILES string of the molecule is CC.CC1CCc2c(N)c(N3CC[N+](C)(CCO)CC3)nn2C1C. The van der Waals surface area contributed by atoms with Gasteiger partial charge in [-0.3, -0.25) is 4.68 Å². The summed E-state index contributed by atoms with van der Waals surface area (Å²) >= 11 is 0. The van der Waals surface area contributed by atoms with Crippen molar-refractivity contribution >= 4 is 11.5 Å². The van der Waals surface area contributed by atoms with Gasteiger partial charge in [-0.1, -0.05) is 20.8 Å². The van der Waals surface area contributed by atoms with E-state index in [9.17, 15) is 5.11 Å². The van der Waals surface area contributed by atoms with Crippen LogP contribution >= 0.6 is 0 Å². The molecule has 0 aromatic carbocycles. The molecule has 2 aliphatic heterocycles. The number of fused-ring (bicyclic) bond motifs is 1. The summed E-state index contributed by atoms with van der Waals surface area (Å²) in [4.78, 5) is 2.33. The Labute approximate surface area is 146 Å². The number of nitrogens with two attached hydrogens (primary N) is 1. The van der Waals surface area contributed by atoms with Crippen molar-refractivity contribution in [2.24, 2.45) is 5.92 Å². The lowest BCUT2D eigenvalue weighted by atomic mass is 9.93. The van der Waals surface area contributed by atoms with Crippen LogP contribution in [-0.4, -0.2) is 65.7 Å². The van der Waals surface area contributed by atoms with E-state index in [-0.39, 0.29) is 6.61 Å². The molecule has 0 spiro atoms. The quantitative estimate of drug-likeness (QED) is 0.826. The highest BCUT2D eigenvalue weighted by Crippen LogP contribution is 2.37. The average molecular weight is 339 g/mol. The van der Waals surface area contributed by atoms with Crippen LogP contribution in [0.15, 0.2) is 0 Å². The highest BCUT2D eigenvalue weighted by Gasteiger charge is 2.33. The van der Waals surface area contributed by atoms with E-state index in [1.165, 1.54) is 12.1 Å². The lowest BCUT2D eigenvalue weighted by Crippen LogP contribution is -2.58. The molecule has 0 saturated carbocycles. The molecule has 3 rings (SSSR count). The molecule has 3 heterocycles. The second-order valence-electron chi connectivity index (χ2n) is 7.39. The summed E-state index contributed by atoms with van der Waals surface area (Å²) in [6, 6.07) is 0.431. The lowest BCUT2D eigenvalue weighted by Gasteiger charge is -2.41. The molecule has 3 N–H and O–H groups in total. The van der Waals surface area contributed by atoms with Gasteiger partial charge in [-0.15, -0.1) is 0 Å². The van der Waals surface area contributed by atoms with E-state index in [4.69, 9.17) is 10.8 Å². The number of aromatic nitrogens is 2. The molecule has 2 atom stereocenters. The Balaban J connectivity index is 0.00000100. The summed E-state index contributed by atoms with van der Waals surface area (Å²) in [6.45, 7) is 13.6. The fraction of sp³-hybridized carbons (Fsp3) is 0.833. The minimum atomic E-state index is 0.257. The van der Waals surface area contributed by atoms with Crippen molar-refractivity contribution < 1.29 is 9.59 Å². The van der Waals surface area contributed by atoms with E-state index in [1.54, 1.807) is 0 Å². The minimum Gasteiger partial charge on any atom is -0.394 e. The van der Waals surface area contributed by atoms with Gasteiger partial charge in [-0.05, 0) is 25.7 Å². The molecule has 0 aliphatic carbocycles. The number of piperazine rings is 1. The summed E-state index contributed by atoms with van der Waals surface area (Å²) in [5, 5.41) is 14.1. The van der Waals surface area contributed by atoms with Crippen molar-refractivity contribution in [3.8, 4) is 0 Å². The van der Waals surface area contributed by atoms with E-state index < -0.39 is 0 Å². The van der Waals surface area contributed by atoms with Crippen LogP contribution in [0.4, 0.5) is 11.5 Å². The van der Waals surface area contributed by atoms with Gasteiger partial charge in [-0.25, -0.2) is 0 Å². The monoisotopic (exact) mass is 338 g/mol. The topological polar surface area (TPSA) is 67.3 Å². The first kappa shape index (κ1) is 19.1. The lowest BCUT2D eigenvalue weighted by molar-refractivity contribution is -0.910. The third-order valence-electron chi connectivity index (χ3n) is 5.84. The standard InChI is InChI=1S/C16H30N5O.C2H6/c1-12-4-5-14-15(17)16(18-20(14)13(12)2)19-6-8-21(3,9-7-19)10-11-22;1-2/h12-13,22H,4-11,17H2,1-3H3;1-2H3/q+1;. The maximum Gasteiger partial charge on any atom is 0.174 e. The highest BCUT2D eigenvalue weighted by molar-refractivity contribution is 5.66. The highest BCUT2D eigenvalue weighted by atomic mass is 16.3. The van der Waals surface area contributed by atoms with Gasteiger partial charge in [-0.2, -0.15) is 5.10 Å². The second-order valence-corrected chi connectivity index (χ2v) is 7.39. The van der Waals surface area contributed by atoms with Crippen LogP contribution < -0.4 is 10.6 Å². The van der Waals surface area contributed by atoms with Crippen molar-refractivity contribution in [1.82, 2.24) is 9.78 Å². The Kier molecular flexibility index (Phi) is 6.15. The van der Waals surface area contributed by atoms with E-state index >= 15 is 0 Å². The first-order chi connectivity index (χ1) is 11.4. The predicted molar refractivity (Wildman–Crippen MR) is 100 cm³/mol. The number of quaternary nitrogens is 1. The van der Waals surface area contributed by atoms with Gasteiger partial charge in [0.1, 0.15) is 6.54 Å². The molecule has 0 amide bonds. The van der Waals surface area contributed by atoms with Gasteiger partial charge in [0.15, 0.2) is 5.82 Å². The van der Waals surface area contributed by atoms with Gasteiger partial charge < -0.3 is 20.2 Å². The molecule has 1 fully saturated rings. The Morgan fingerprint density at radius 3 is 2.46 bits per heavy atom. The third kappa shape index (κ3) is 3.54. The van der Waals surface area contributed by atoms with Gasteiger partial charge in [0.25, 0.3) is 0 Å². The number of aliphatic hydroxyl groups excluding tert-OH is 1. The van der Waals surface area contributed by atoms with Crippen molar-refractivity contribution in [3.05, 3.63) is 5.69 Å². The Hall–Kier alpha value is -1.27. The molecule has 6 nitrogen and oxygen atoms in total.